The van der Waals surface area contributed by atoms with Gasteiger partial charge in [0.05, 0.1) is 7.11 Å². The van der Waals surface area contributed by atoms with Gasteiger partial charge in [0.1, 0.15) is 5.75 Å². The van der Waals surface area contributed by atoms with E-state index in [2.05, 4.69) is 5.32 Å². The molecule has 108 valence electrons. The molecule has 20 heavy (non-hydrogen) atoms. The highest BCUT2D eigenvalue weighted by Gasteiger charge is 2.38. The van der Waals surface area contributed by atoms with Crippen LogP contribution >= 0.6 is 0 Å². The predicted octanol–water partition coefficient (Wildman–Crippen LogP) is 2.41. The van der Waals surface area contributed by atoms with Gasteiger partial charge in [0.2, 0.25) is 11.8 Å². The largest absolute Gasteiger partial charge is 0.496 e. The second kappa shape index (κ2) is 5.65. The third kappa shape index (κ3) is 2.69. The summed E-state index contributed by atoms with van der Waals surface area (Å²) < 4.78 is 5.26. The third-order valence-corrected chi connectivity index (χ3v) is 3.97. The van der Waals surface area contributed by atoms with Crippen LogP contribution < -0.4 is 10.1 Å². The molecule has 1 N–H and O–H groups in total. The fourth-order valence-corrected chi connectivity index (χ4v) is 3.01. The maximum atomic E-state index is 12.1. The quantitative estimate of drug-likeness (QED) is 0.862. The molecule has 0 aromatic heterocycles. The average Bonchev–Trinajstić information content (AvgIpc) is 2.37. The summed E-state index contributed by atoms with van der Waals surface area (Å²) in [6.45, 7) is 6.00. The van der Waals surface area contributed by atoms with Crippen molar-refractivity contribution in [2.75, 3.05) is 7.11 Å². The van der Waals surface area contributed by atoms with Crippen LogP contribution in [0.25, 0.3) is 0 Å². The minimum atomic E-state index is -0.189. The molecule has 2 unspecified atom stereocenters. The van der Waals surface area contributed by atoms with E-state index in [1.807, 2.05) is 39.0 Å². The Morgan fingerprint density at radius 1 is 1.30 bits per heavy atom. The number of methoxy groups -OCH3 is 1. The molecule has 0 spiro atoms. The van der Waals surface area contributed by atoms with Gasteiger partial charge in [0.15, 0.2) is 0 Å². The molecular formula is C16H21NO3. The Morgan fingerprint density at radius 2 is 2.00 bits per heavy atom. The van der Waals surface area contributed by atoms with Gasteiger partial charge in [-0.25, -0.2) is 0 Å². The van der Waals surface area contributed by atoms with E-state index >= 15 is 0 Å². The van der Waals surface area contributed by atoms with Crippen LogP contribution in [0.4, 0.5) is 0 Å². The van der Waals surface area contributed by atoms with Crippen molar-refractivity contribution < 1.29 is 14.3 Å². The molecule has 0 bridgehead atoms. The molecule has 1 aliphatic rings. The number of piperidine rings is 1. The van der Waals surface area contributed by atoms with Crippen LogP contribution in [0.1, 0.15) is 37.3 Å². The monoisotopic (exact) mass is 275 g/mol. The van der Waals surface area contributed by atoms with Gasteiger partial charge in [-0.1, -0.05) is 26.0 Å². The molecular weight excluding hydrogens is 254 g/mol. The molecule has 2 amide bonds. The summed E-state index contributed by atoms with van der Waals surface area (Å²) in [4.78, 5) is 23.8. The number of hydrogen-bond donors (Lipinski definition) is 1. The first-order chi connectivity index (χ1) is 9.43. The van der Waals surface area contributed by atoms with Crippen LogP contribution in [0.2, 0.25) is 0 Å². The standard InChI is InChI=1S/C16H21NO3/c1-9(2)15-12(8-14(18)17-16(15)19)11-5-6-13(20-4)10(3)7-11/h5-7,9,12,15H,8H2,1-4H3,(H,17,18,19). The molecule has 0 radical (unpaired) electrons. The predicted molar refractivity (Wildman–Crippen MR) is 76.6 cm³/mol. The van der Waals surface area contributed by atoms with Crippen LogP contribution in [0.3, 0.4) is 0 Å². The van der Waals surface area contributed by atoms with Crippen molar-refractivity contribution in [3.8, 4) is 5.75 Å². The second-order valence-corrected chi connectivity index (χ2v) is 5.72. The van der Waals surface area contributed by atoms with Crippen molar-refractivity contribution >= 4 is 11.8 Å². The van der Waals surface area contributed by atoms with Crippen LogP contribution in [0.15, 0.2) is 18.2 Å². The Bertz CT molecular complexity index is 537. The van der Waals surface area contributed by atoms with E-state index in [1.165, 1.54) is 0 Å². The summed E-state index contributed by atoms with van der Waals surface area (Å²) >= 11 is 0. The molecule has 2 rings (SSSR count). The number of imide groups is 1. The summed E-state index contributed by atoms with van der Waals surface area (Å²) in [5, 5.41) is 2.45. The topological polar surface area (TPSA) is 55.4 Å². The lowest BCUT2D eigenvalue weighted by Gasteiger charge is -2.33. The van der Waals surface area contributed by atoms with E-state index < -0.39 is 0 Å². The molecule has 1 fully saturated rings. The Kier molecular flexibility index (Phi) is 4.12. The molecule has 1 heterocycles. The second-order valence-electron chi connectivity index (χ2n) is 5.72. The summed E-state index contributed by atoms with van der Waals surface area (Å²) in [6.07, 6.45) is 0.361. The van der Waals surface area contributed by atoms with Gasteiger partial charge >= 0.3 is 0 Å². The van der Waals surface area contributed by atoms with Crippen molar-refractivity contribution in [2.45, 2.75) is 33.1 Å². The zero-order valence-electron chi connectivity index (χ0n) is 12.4. The van der Waals surface area contributed by atoms with Gasteiger partial charge in [-0.15, -0.1) is 0 Å². The maximum Gasteiger partial charge on any atom is 0.230 e. The van der Waals surface area contributed by atoms with Crippen molar-refractivity contribution in [1.29, 1.82) is 0 Å². The van der Waals surface area contributed by atoms with E-state index in [1.54, 1.807) is 7.11 Å². The van der Waals surface area contributed by atoms with Crippen molar-refractivity contribution in [3.05, 3.63) is 29.3 Å². The molecule has 1 aromatic carbocycles. The van der Waals surface area contributed by atoms with Gasteiger partial charge in [-0.3, -0.25) is 14.9 Å². The fraction of sp³-hybridized carbons (Fsp3) is 0.500. The lowest BCUT2D eigenvalue weighted by molar-refractivity contribution is -0.138. The van der Waals surface area contributed by atoms with Gasteiger partial charge in [0, 0.05) is 18.3 Å². The van der Waals surface area contributed by atoms with Gasteiger partial charge < -0.3 is 4.74 Å². The highest BCUT2D eigenvalue weighted by Crippen LogP contribution is 2.37. The molecule has 0 saturated carbocycles. The number of amides is 2. The van der Waals surface area contributed by atoms with Gasteiger partial charge in [-0.05, 0) is 30.0 Å². The first-order valence-electron chi connectivity index (χ1n) is 6.92. The van der Waals surface area contributed by atoms with Crippen LogP contribution in [0.5, 0.6) is 5.75 Å². The number of hydrogen-bond acceptors (Lipinski definition) is 3. The minimum Gasteiger partial charge on any atom is -0.496 e. The maximum absolute atomic E-state index is 12.1. The number of nitrogens with one attached hydrogen (secondary N) is 1. The molecule has 1 aliphatic heterocycles. The third-order valence-electron chi connectivity index (χ3n) is 3.97. The van der Waals surface area contributed by atoms with Crippen molar-refractivity contribution in [1.82, 2.24) is 5.32 Å². The SMILES string of the molecule is COc1ccc(C2CC(=O)NC(=O)C2C(C)C)cc1C. The molecule has 1 saturated heterocycles. The molecule has 1 aromatic rings. The molecule has 4 nitrogen and oxygen atoms in total. The number of rotatable bonds is 3. The first kappa shape index (κ1) is 14.6. The summed E-state index contributed by atoms with van der Waals surface area (Å²) in [7, 11) is 1.64. The Labute approximate surface area is 119 Å². The number of ether oxygens (including phenoxy) is 1. The van der Waals surface area contributed by atoms with E-state index in [4.69, 9.17) is 4.74 Å². The lowest BCUT2D eigenvalue weighted by Crippen LogP contribution is -2.46. The average molecular weight is 275 g/mol. The van der Waals surface area contributed by atoms with E-state index in [0.29, 0.717) is 6.42 Å². The number of benzene rings is 1. The number of carbonyl (C=O) groups is 2. The number of carbonyl (C=O) groups excluding carboxylic acids is 2. The Morgan fingerprint density at radius 3 is 2.55 bits per heavy atom. The molecule has 2 atom stereocenters. The summed E-state index contributed by atoms with van der Waals surface area (Å²) in [6, 6.07) is 5.88. The van der Waals surface area contributed by atoms with Gasteiger partial charge in [-0.2, -0.15) is 0 Å². The minimum absolute atomic E-state index is 0.0548. The van der Waals surface area contributed by atoms with Crippen LogP contribution in [-0.4, -0.2) is 18.9 Å². The van der Waals surface area contributed by atoms with Crippen molar-refractivity contribution in [3.63, 3.8) is 0 Å². The van der Waals surface area contributed by atoms with E-state index in [0.717, 1.165) is 16.9 Å². The highest BCUT2D eigenvalue weighted by atomic mass is 16.5. The molecule has 0 aliphatic carbocycles. The van der Waals surface area contributed by atoms with Gasteiger partial charge in [0.25, 0.3) is 0 Å². The van der Waals surface area contributed by atoms with Crippen LogP contribution in [0, 0.1) is 18.8 Å². The normalized spacial score (nSPS) is 22.9. The zero-order chi connectivity index (χ0) is 14.9. The Hall–Kier alpha value is -1.84. The lowest BCUT2D eigenvalue weighted by atomic mass is 9.74. The number of aryl methyl sites for hydroxylation is 1. The first-order valence-corrected chi connectivity index (χ1v) is 6.92. The fourth-order valence-electron chi connectivity index (χ4n) is 3.01. The molecule has 4 heteroatoms. The van der Waals surface area contributed by atoms with E-state index in [-0.39, 0.29) is 29.6 Å². The highest BCUT2D eigenvalue weighted by molar-refractivity contribution is 6.00. The van der Waals surface area contributed by atoms with Crippen LogP contribution in [-0.2, 0) is 9.59 Å². The smallest absolute Gasteiger partial charge is 0.230 e. The van der Waals surface area contributed by atoms with Crippen molar-refractivity contribution in [2.24, 2.45) is 11.8 Å². The summed E-state index contributed by atoms with van der Waals surface area (Å²) in [5.41, 5.74) is 2.05. The Balaban J connectivity index is 2.39. The zero-order valence-corrected chi connectivity index (χ0v) is 12.4. The van der Waals surface area contributed by atoms with E-state index in [9.17, 15) is 9.59 Å². The summed E-state index contributed by atoms with van der Waals surface area (Å²) in [5.74, 6) is 0.443.